The summed E-state index contributed by atoms with van der Waals surface area (Å²) in [4.78, 5) is 2.53. The van der Waals surface area contributed by atoms with E-state index < -0.39 is 0 Å². The Bertz CT molecular complexity index is 3560. The summed E-state index contributed by atoms with van der Waals surface area (Å²) in [5.74, 6) is 0. The van der Waals surface area contributed by atoms with Gasteiger partial charge in [-0.1, -0.05) is 202 Å². The van der Waals surface area contributed by atoms with Gasteiger partial charge in [0.15, 0.2) is 0 Å². The van der Waals surface area contributed by atoms with E-state index in [1.807, 2.05) is 0 Å². The molecular formula is C63H46N2. The SMILES string of the molecule is CC1(C)c2ccccc2-c2cc(-c3cccc(N(c4cccc(-c5ccccc5)c4-c4ccccc4-c4ccccc4)c4cccc5c4c4ccccc4n5-c4ccccc4)c3)ccc21. The molecule has 1 aromatic heterocycles. The quantitative estimate of drug-likeness (QED) is 0.148. The molecule has 12 rings (SSSR count). The molecule has 0 radical (unpaired) electrons. The summed E-state index contributed by atoms with van der Waals surface area (Å²) in [7, 11) is 0. The lowest BCUT2D eigenvalue weighted by Gasteiger charge is -2.31. The minimum Gasteiger partial charge on any atom is -0.309 e. The molecule has 11 aromatic rings. The molecule has 1 heterocycles. The van der Waals surface area contributed by atoms with Crippen LogP contribution in [0.4, 0.5) is 17.1 Å². The van der Waals surface area contributed by atoms with Gasteiger partial charge in [-0.05, 0) is 116 Å². The summed E-state index contributed by atoms with van der Waals surface area (Å²) in [5.41, 5.74) is 21.5. The molecule has 1 aliphatic carbocycles. The summed E-state index contributed by atoms with van der Waals surface area (Å²) in [5, 5.41) is 2.40. The second kappa shape index (κ2) is 15.6. The third kappa shape index (κ3) is 6.32. The van der Waals surface area contributed by atoms with Crippen LogP contribution in [0.3, 0.4) is 0 Å². The highest BCUT2D eigenvalue weighted by Crippen LogP contribution is 2.52. The molecule has 0 saturated heterocycles. The van der Waals surface area contributed by atoms with Gasteiger partial charge >= 0.3 is 0 Å². The van der Waals surface area contributed by atoms with Crippen molar-refractivity contribution in [2.45, 2.75) is 19.3 Å². The van der Waals surface area contributed by atoms with Gasteiger partial charge in [-0.25, -0.2) is 0 Å². The molecule has 0 fully saturated rings. The maximum atomic E-state index is 2.53. The molecule has 0 N–H and O–H groups in total. The molecule has 308 valence electrons. The predicted octanol–water partition coefficient (Wildman–Crippen LogP) is 17.2. The van der Waals surface area contributed by atoms with Crippen LogP contribution in [0.2, 0.25) is 0 Å². The Balaban J connectivity index is 1.16. The van der Waals surface area contributed by atoms with Gasteiger partial charge in [0.05, 0.1) is 22.4 Å². The van der Waals surface area contributed by atoms with Crippen LogP contribution in [0.15, 0.2) is 243 Å². The zero-order valence-corrected chi connectivity index (χ0v) is 36.5. The molecule has 65 heavy (non-hydrogen) atoms. The molecule has 0 amide bonds. The lowest BCUT2D eigenvalue weighted by atomic mass is 9.82. The third-order valence-corrected chi connectivity index (χ3v) is 13.6. The minimum absolute atomic E-state index is 0.0586. The summed E-state index contributed by atoms with van der Waals surface area (Å²) < 4.78 is 2.42. The number of benzene rings is 10. The number of fused-ring (bicyclic) bond motifs is 6. The minimum atomic E-state index is -0.0586. The fourth-order valence-electron chi connectivity index (χ4n) is 10.6. The Morgan fingerprint density at radius 2 is 0.892 bits per heavy atom. The summed E-state index contributed by atoms with van der Waals surface area (Å²) in [6.07, 6.45) is 0. The van der Waals surface area contributed by atoms with Crippen molar-refractivity contribution in [3.63, 3.8) is 0 Å². The van der Waals surface area contributed by atoms with Gasteiger partial charge in [0, 0.05) is 33.1 Å². The topological polar surface area (TPSA) is 8.17 Å². The van der Waals surface area contributed by atoms with Gasteiger partial charge in [-0.3, -0.25) is 0 Å². The van der Waals surface area contributed by atoms with E-state index in [1.165, 1.54) is 83.1 Å². The van der Waals surface area contributed by atoms with Crippen molar-refractivity contribution in [3.8, 4) is 61.3 Å². The van der Waals surface area contributed by atoms with E-state index in [1.54, 1.807) is 0 Å². The number of para-hydroxylation sites is 2. The lowest BCUT2D eigenvalue weighted by Crippen LogP contribution is -2.14. The van der Waals surface area contributed by atoms with Crippen LogP contribution in [0.25, 0.3) is 83.1 Å². The van der Waals surface area contributed by atoms with Gasteiger partial charge in [0.1, 0.15) is 0 Å². The van der Waals surface area contributed by atoms with Crippen molar-refractivity contribution in [2.75, 3.05) is 4.90 Å². The molecule has 0 spiro atoms. The Kier molecular flexibility index (Phi) is 9.21. The summed E-state index contributed by atoms with van der Waals surface area (Å²) in [6.45, 7) is 4.70. The van der Waals surface area contributed by atoms with E-state index in [4.69, 9.17) is 0 Å². The predicted molar refractivity (Wildman–Crippen MR) is 275 cm³/mol. The van der Waals surface area contributed by atoms with Crippen LogP contribution in [0.1, 0.15) is 25.0 Å². The van der Waals surface area contributed by atoms with E-state index >= 15 is 0 Å². The van der Waals surface area contributed by atoms with E-state index in [0.717, 1.165) is 28.3 Å². The molecule has 0 saturated carbocycles. The van der Waals surface area contributed by atoms with Gasteiger partial charge in [0.2, 0.25) is 0 Å². The summed E-state index contributed by atoms with van der Waals surface area (Å²) >= 11 is 0. The number of rotatable bonds is 8. The Labute approximate surface area is 381 Å². The molecule has 0 bridgehead atoms. The average Bonchev–Trinajstić information content (AvgIpc) is 3.83. The zero-order chi connectivity index (χ0) is 43.5. The highest BCUT2D eigenvalue weighted by atomic mass is 15.2. The molecule has 0 unspecified atom stereocenters. The first-order valence-electron chi connectivity index (χ1n) is 22.6. The van der Waals surface area contributed by atoms with Crippen molar-refractivity contribution in [1.29, 1.82) is 0 Å². The van der Waals surface area contributed by atoms with E-state index in [9.17, 15) is 0 Å². The maximum Gasteiger partial charge on any atom is 0.0562 e. The number of hydrogen-bond acceptors (Lipinski definition) is 1. The third-order valence-electron chi connectivity index (χ3n) is 13.6. The Morgan fingerprint density at radius 1 is 0.354 bits per heavy atom. The van der Waals surface area contributed by atoms with Crippen LogP contribution in [-0.2, 0) is 5.41 Å². The highest BCUT2D eigenvalue weighted by Gasteiger charge is 2.35. The first kappa shape index (κ1) is 38.5. The van der Waals surface area contributed by atoms with Gasteiger partial charge in [0.25, 0.3) is 0 Å². The number of hydrogen-bond donors (Lipinski definition) is 0. The normalized spacial score (nSPS) is 12.6. The van der Waals surface area contributed by atoms with Crippen LogP contribution < -0.4 is 4.90 Å². The molecular weight excluding hydrogens is 785 g/mol. The number of anilines is 3. The van der Waals surface area contributed by atoms with Crippen molar-refractivity contribution >= 4 is 38.9 Å². The molecule has 10 aromatic carbocycles. The van der Waals surface area contributed by atoms with Gasteiger partial charge in [-0.2, -0.15) is 0 Å². The van der Waals surface area contributed by atoms with Crippen LogP contribution in [0, 0.1) is 0 Å². The van der Waals surface area contributed by atoms with Crippen LogP contribution in [-0.4, -0.2) is 4.57 Å². The fourth-order valence-corrected chi connectivity index (χ4v) is 10.6. The van der Waals surface area contributed by atoms with Crippen LogP contribution >= 0.6 is 0 Å². The summed E-state index contributed by atoms with van der Waals surface area (Å²) in [6, 6.07) is 89.0. The van der Waals surface area contributed by atoms with Gasteiger partial charge < -0.3 is 9.47 Å². The first-order valence-corrected chi connectivity index (χ1v) is 22.6. The molecule has 1 aliphatic rings. The Morgan fingerprint density at radius 3 is 1.68 bits per heavy atom. The van der Waals surface area contributed by atoms with Crippen molar-refractivity contribution in [3.05, 3.63) is 254 Å². The highest BCUT2D eigenvalue weighted by molar-refractivity contribution is 6.17. The first-order chi connectivity index (χ1) is 32.0. The van der Waals surface area contributed by atoms with Gasteiger partial charge in [-0.15, -0.1) is 0 Å². The molecule has 2 heteroatoms. The maximum absolute atomic E-state index is 2.53. The second-order valence-electron chi connectivity index (χ2n) is 17.7. The lowest BCUT2D eigenvalue weighted by molar-refractivity contribution is 0.660. The monoisotopic (exact) mass is 830 g/mol. The van der Waals surface area contributed by atoms with E-state index in [-0.39, 0.29) is 5.41 Å². The zero-order valence-electron chi connectivity index (χ0n) is 36.5. The standard InChI is InChI=1S/C63H46N2/c1-63(2)55-34-16-14-30-51(55)54-42-46(39-40-56(54)63)45-25-18-28-48(41-45)65(60-38-20-37-59-62(60)53-32-15-17-35-57(53)64(59)47-26-10-5-11-27-47)58-36-19-33-50(44-23-8-4-9-24-44)61(58)52-31-13-12-29-49(52)43-21-6-3-7-22-43/h3-42H,1-2H3. The molecule has 0 aliphatic heterocycles. The Hall–Kier alpha value is -8.20. The van der Waals surface area contributed by atoms with Crippen LogP contribution in [0.5, 0.6) is 0 Å². The van der Waals surface area contributed by atoms with Crippen molar-refractivity contribution in [1.82, 2.24) is 4.57 Å². The van der Waals surface area contributed by atoms with Crippen molar-refractivity contribution in [2.24, 2.45) is 0 Å². The van der Waals surface area contributed by atoms with Crippen molar-refractivity contribution < 1.29 is 0 Å². The molecule has 2 nitrogen and oxygen atoms in total. The average molecular weight is 831 g/mol. The fraction of sp³-hybridized carbons (Fsp3) is 0.0476. The number of aromatic nitrogens is 1. The smallest absolute Gasteiger partial charge is 0.0562 e. The second-order valence-corrected chi connectivity index (χ2v) is 17.7. The largest absolute Gasteiger partial charge is 0.309 e. The van der Waals surface area contributed by atoms with E-state index in [2.05, 4.69) is 266 Å². The molecule has 0 atom stereocenters. The number of nitrogens with zero attached hydrogens (tertiary/aromatic N) is 2. The van der Waals surface area contributed by atoms with E-state index in [0.29, 0.717) is 0 Å².